The zero-order valence-corrected chi connectivity index (χ0v) is 12.6. The Kier molecular flexibility index (Phi) is 5.31. The first-order valence-corrected chi connectivity index (χ1v) is 6.84. The second-order valence-corrected chi connectivity index (χ2v) is 5.64. The number of hydrogen-bond acceptors (Lipinski definition) is 2. The van der Waals surface area contributed by atoms with Crippen LogP contribution in [0, 0.1) is 13.8 Å². The molecule has 1 unspecified atom stereocenters. The molecule has 0 aliphatic carbocycles. The minimum absolute atomic E-state index is 0.0674. The lowest BCUT2D eigenvalue weighted by molar-refractivity contribution is -0.139. The van der Waals surface area contributed by atoms with Crippen LogP contribution in [0.5, 0.6) is 0 Å². The molecule has 0 aliphatic heterocycles. The Morgan fingerprint density at radius 1 is 1.30 bits per heavy atom. The molecule has 20 heavy (non-hydrogen) atoms. The van der Waals surface area contributed by atoms with Crippen molar-refractivity contribution in [2.45, 2.75) is 52.5 Å². The van der Waals surface area contributed by atoms with Crippen molar-refractivity contribution < 1.29 is 14.7 Å². The zero-order chi connectivity index (χ0) is 15.3. The molecule has 0 spiro atoms. The highest BCUT2D eigenvalue weighted by atomic mass is 16.4. The van der Waals surface area contributed by atoms with Crippen molar-refractivity contribution in [3.8, 4) is 0 Å². The Morgan fingerprint density at radius 2 is 1.95 bits per heavy atom. The monoisotopic (exact) mass is 277 g/mol. The van der Waals surface area contributed by atoms with Crippen molar-refractivity contribution in [3.63, 3.8) is 0 Å². The predicted octanol–water partition coefficient (Wildman–Crippen LogP) is 2.61. The van der Waals surface area contributed by atoms with Crippen LogP contribution in [0.1, 0.15) is 43.4 Å². The van der Waals surface area contributed by atoms with Crippen LogP contribution in [0.15, 0.2) is 18.2 Å². The van der Waals surface area contributed by atoms with Gasteiger partial charge in [0.25, 0.3) is 0 Å². The van der Waals surface area contributed by atoms with Crippen LogP contribution in [-0.2, 0) is 16.0 Å². The fourth-order valence-corrected chi connectivity index (χ4v) is 2.14. The predicted molar refractivity (Wildman–Crippen MR) is 78.7 cm³/mol. The maximum absolute atomic E-state index is 12.1. The molecule has 1 rings (SSSR count). The van der Waals surface area contributed by atoms with Crippen LogP contribution in [-0.4, -0.2) is 22.5 Å². The Hall–Kier alpha value is -1.84. The Morgan fingerprint density at radius 3 is 2.50 bits per heavy atom. The molecule has 0 saturated carbocycles. The molecular weight excluding hydrogens is 254 g/mol. The summed E-state index contributed by atoms with van der Waals surface area (Å²) in [6.45, 7) is 7.60. The van der Waals surface area contributed by atoms with Crippen LogP contribution in [0.25, 0.3) is 0 Å². The number of carboxylic acids is 1. The van der Waals surface area contributed by atoms with E-state index in [0.717, 1.165) is 16.7 Å². The van der Waals surface area contributed by atoms with Crippen LogP contribution in [0.2, 0.25) is 0 Å². The van der Waals surface area contributed by atoms with Gasteiger partial charge in [-0.05, 0) is 38.3 Å². The molecule has 0 saturated heterocycles. The van der Waals surface area contributed by atoms with Gasteiger partial charge >= 0.3 is 5.97 Å². The number of aliphatic carboxylic acids is 1. The van der Waals surface area contributed by atoms with Crippen molar-refractivity contribution in [2.24, 2.45) is 0 Å². The lowest BCUT2D eigenvalue weighted by Gasteiger charge is -2.28. The maximum Gasteiger partial charge on any atom is 0.305 e. The smallest absolute Gasteiger partial charge is 0.305 e. The SMILES string of the molecule is CCC(C)(CC(=O)O)NC(=O)Cc1cc(C)ccc1C. The average Bonchev–Trinajstić information content (AvgIpc) is 2.32. The van der Waals surface area contributed by atoms with Crippen LogP contribution < -0.4 is 5.32 Å². The number of carbonyl (C=O) groups is 2. The first-order valence-electron chi connectivity index (χ1n) is 6.84. The molecule has 0 aromatic heterocycles. The first kappa shape index (κ1) is 16.2. The third kappa shape index (κ3) is 4.68. The Balaban J connectivity index is 2.76. The van der Waals surface area contributed by atoms with E-state index in [1.54, 1.807) is 6.92 Å². The topological polar surface area (TPSA) is 66.4 Å². The van der Waals surface area contributed by atoms with E-state index in [9.17, 15) is 9.59 Å². The molecule has 1 aromatic carbocycles. The molecule has 1 atom stereocenters. The largest absolute Gasteiger partial charge is 0.481 e. The van der Waals surface area contributed by atoms with Gasteiger partial charge < -0.3 is 10.4 Å². The van der Waals surface area contributed by atoms with Crippen molar-refractivity contribution in [1.29, 1.82) is 0 Å². The van der Waals surface area contributed by atoms with E-state index in [1.807, 2.05) is 39.0 Å². The zero-order valence-electron chi connectivity index (χ0n) is 12.6. The Labute approximate surface area is 120 Å². The molecule has 1 amide bonds. The van der Waals surface area contributed by atoms with Gasteiger partial charge in [0.15, 0.2) is 0 Å². The van der Waals surface area contributed by atoms with Gasteiger partial charge in [-0.2, -0.15) is 0 Å². The normalized spacial score (nSPS) is 13.6. The second kappa shape index (κ2) is 6.55. The molecule has 1 aromatic rings. The summed E-state index contributed by atoms with van der Waals surface area (Å²) in [4.78, 5) is 23.0. The van der Waals surface area contributed by atoms with E-state index < -0.39 is 11.5 Å². The van der Waals surface area contributed by atoms with Gasteiger partial charge in [-0.1, -0.05) is 30.7 Å². The average molecular weight is 277 g/mol. The van der Waals surface area contributed by atoms with Crippen molar-refractivity contribution in [3.05, 3.63) is 34.9 Å². The Bertz CT molecular complexity index is 510. The number of carbonyl (C=O) groups excluding carboxylic acids is 1. The van der Waals surface area contributed by atoms with Crippen LogP contribution in [0.4, 0.5) is 0 Å². The van der Waals surface area contributed by atoms with Crippen molar-refractivity contribution in [1.82, 2.24) is 5.32 Å². The van der Waals surface area contributed by atoms with Crippen molar-refractivity contribution in [2.75, 3.05) is 0 Å². The maximum atomic E-state index is 12.1. The van der Waals surface area contributed by atoms with Crippen LogP contribution in [0.3, 0.4) is 0 Å². The van der Waals surface area contributed by atoms with Gasteiger partial charge in [-0.3, -0.25) is 9.59 Å². The first-order chi connectivity index (χ1) is 9.25. The van der Waals surface area contributed by atoms with E-state index in [1.165, 1.54) is 0 Å². The molecule has 0 radical (unpaired) electrons. The van der Waals surface area contributed by atoms with E-state index in [0.29, 0.717) is 6.42 Å². The fourth-order valence-electron chi connectivity index (χ4n) is 2.14. The molecule has 0 aliphatic rings. The standard InChI is InChI=1S/C16H23NO3/c1-5-16(4,10-15(19)20)17-14(18)9-13-8-11(2)6-7-12(13)3/h6-8H,5,9-10H2,1-4H3,(H,17,18)(H,19,20). The summed E-state index contributed by atoms with van der Waals surface area (Å²) in [7, 11) is 0. The molecule has 0 heterocycles. The quantitative estimate of drug-likeness (QED) is 0.840. The van der Waals surface area contributed by atoms with Gasteiger partial charge in [-0.15, -0.1) is 0 Å². The summed E-state index contributed by atoms with van der Waals surface area (Å²) in [6, 6.07) is 6.00. The van der Waals surface area contributed by atoms with Gasteiger partial charge in [0.05, 0.1) is 12.8 Å². The summed E-state index contributed by atoms with van der Waals surface area (Å²) in [6.07, 6.45) is 0.794. The second-order valence-electron chi connectivity index (χ2n) is 5.64. The lowest BCUT2D eigenvalue weighted by atomic mass is 9.93. The third-order valence-electron chi connectivity index (χ3n) is 3.62. The number of rotatable bonds is 6. The number of carboxylic acid groups (broad SMARTS) is 1. The van der Waals surface area contributed by atoms with E-state index >= 15 is 0 Å². The van der Waals surface area contributed by atoms with Crippen molar-refractivity contribution >= 4 is 11.9 Å². The lowest BCUT2D eigenvalue weighted by Crippen LogP contribution is -2.47. The van der Waals surface area contributed by atoms with Gasteiger partial charge in [0.2, 0.25) is 5.91 Å². The highest BCUT2D eigenvalue weighted by Crippen LogP contribution is 2.16. The summed E-state index contributed by atoms with van der Waals surface area (Å²) < 4.78 is 0. The number of amides is 1. The van der Waals surface area contributed by atoms with Gasteiger partial charge in [0, 0.05) is 5.54 Å². The molecule has 4 heteroatoms. The minimum Gasteiger partial charge on any atom is -0.481 e. The number of nitrogens with one attached hydrogen (secondary N) is 1. The summed E-state index contributed by atoms with van der Waals surface area (Å²) in [5, 5.41) is 11.8. The summed E-state index contributed by atoms with van der Waals surface area (Å²) >= 11 is 0. The van der Waals surface area contributed by atoms with Gasteiger partial charge in [0.1, 0.15) is 0 Å². The summed E-state index contributed by atoms with van der Waals surface area (Å²) in [5.41, 5.74) is 2.47. The van der Waals surface area contributed by atoms with E-state index in [-0.39, 0.29) is 18.7 Å². The fraction of sp³-hybridized carbons (Fsp3) is 0.500. The van der Waals surface area contributed by atoms with E-state index in [4.69, 9.17) is 5.11 Å². The third-order valence-corrected chi connectivity index (χ3v) is 3.62. The minimum atomic E-state index is -0.901. The molecule has 4 nitrogen and oxygen atoms in total. The highest BCUT2D eigenvalue weighted by molar-refractivity contribution is 5.80. The number of benzene rings is 1. The molecule has 2 N–H and O–H groups in total. The van der Waals surface area contributed by atoms with E-state index in [2.05, 4.69) is 5.32 Å². The highest BCUT2D eigenvalue weighted by Gasteiger charge is 2.27. The molecular formula is C16H23NO3. The number of aryl methyl sites for hydroxylation is 2. The molecule has 110 valence electrons. The summed E-state index contributed by atoms with van der Waals surface area (Å²) in [5.74, 6) is -1.04. The number of hydrogen-bond donors (Lipinski definition) is 2. The molecule has 0 fully saturated rings. The van der Waals surface area contributed by atoms with Crippen LogP contribution >= 0.6 is 0 Å². The van der Waals surface area contributed by atoms with Gasteiger partial charge in [-0.25, -0.2) is 0 Å². The molecule has 0 bridgehead atoms.